The van der Waals surface area contributed by atoms with Gasteiger partial charge < -0.3 is 10.6 Å². The van der Waals surface area contributed by atoms with Gasteiger partial charge in [-0.1, -0.05) is 6.92 Å². The molecule has 1 unspecified atom stereocenters. The van der Waals surface area contributed by atoms with Crippen LogP contribution in [0, 0.1) is 0 Å². The second-order valence-electron chi connectivity index (χ2n) is 3.58. The van der Waals surface area contributed by atoms with Crippen molar-refractivity contribution in [3.05, 3.63) is 5.82 Å². The number of anilines is 1. The SMILES string of the molecule is CCCNC(=O)C(C)Nc1nc(C(F)(F)F)ns1. The molecule has 0 saturated carbocycles. The molecule has 102 valence electrons. The highest BCUT2D eigenvalue weighted by Crippen LogP contribution is 2.29. The molecule has 0 aliphatic rings. The van der Waals surface area contributed by atoms with E-state index >= 15 is 0 Å². The summed E-state index contributed by atoms with van der Waals surface area (Å²) in [4.78, 5) is 14.7. The molecule has 0 aliphatic heterocycles. The Morgan fingerprint density at radius 1 is 1.50 bits per heavy atom. The van der Waals surface area contributed by atoms with Crippen molar-refractivity contribution in [2.75, 3.05) is 11.9 Å². The zero-order valence-corrected chi connectivity index (χ0v) is 10.7. The van der Waals surface area contributed by atoms with Crippen LogP contribution in [0.15, 0.2) is 0 Å². The second kappa shape index (κ2) is 5.98. The minimum Gasteiger partial charge on any atom is -0.354 e. The number of hydrogen-bond acceptors (Lipinski definition) is 5. The molecule has 0 radical (unpaired) electrons. The second-order valence-corrected chi connectivity index (χ2v) is 4.33. The van der Waals surface area contributed by atoms with Gasteiger partial charge in [0.05, 0.1) is 0 Å². The van der Waals surface area contributed by atoms with Crippen LogP contribution in [0.2, 0.25) is 0 Å². The lowest BCUT2D eigenvalue weighted by molar-refractivity contribution is -0.144. The van der Waals surface area contributed by atoms with Crippen molar-refractivity contribution < 1.29 is 18.0 Å². The number of carbonyl (C=O) groups excluding carboxylic acids is 1. The molecule has 1 atom stereocenters. The highest BCUT2D eigenvalue weighted by atomic mass is 32.1. The Bertz CT molecular complexity index is 407. The van der Waals surface area contributed by atoms with Gasteiger partial charge in [0.15, 0.2) is 0 Å². The topological polar surface area (TPSA) is 66.9 Å². The van der Waals surface area contributed by atoms with Crippen LogP contribution in [0.3, 0.4) is 0 Å². The minimum absolute atomic E-state index is 0.0264. The Labute approximate surface area is 106 Å². The molecule has 0 aliphatic carbocycles. The van der Waals surface area contributed by atoms with Gasteiger partial charge >= 0.3 is 6.18 Å². The fraction of sp³-hybridized carbons (Fsp3) is 0.667. The van der Waals surface area contributed by atoms with Gasteiger partial charge in [-0.05, 0) is 13.3 Å². The number of rotatable bonds is 5. The molecule has 1 amide bonds. The molecule has 0 saturated heterocycles. The number of nitrogens with zero attached hydrogens (tertiary/aromatic N) is 2. The number of hydrogen-bond donors (Lipinski definition) is 2. The number of alkyl halides is 3. The Morgan fingerprint density at radius 2 is 2.17 bits per heavy atom. The Balaban J connectivity index is 2.57. The Morgan fingerprint density at radius 3 is 2.67 bits per heavy atom. The van der Waals surface area contributed by atoms with Crippen LogP contribution in [0.4, 0.5) is 18.3 Å². The maximum Gasteiger partial charge on any atom is 0.452 e. The van der Waals surface area contributed by atoms with Crippen LogP contribution in [0.5, 0.6) is 0 Å². The largest absolute Gasteiger partial charge is 0.452 e. The van der Waals surface area contributed by atoms with E-state index in [1.165, 1.54) is 0 Å². The van der Waals surface area contributed by atoms with E-state index < -0.39 is 18.0 Å². The smallest absolute Gasteiger partial charge is 0.354 e. The molecule has 1 aromatic heterocycles. The normalized spacial score (nSPS) is 13.2. The molecule has 0 aromatic carbocycles. The van der Waals surface area contributed by atoms with E-state index in [2.05, 4.69) is 20.0 Å². The number of amides is 1. The summed E-state index contributed by atoms with van der Waals surface area (Å²) in [7, 11) is 0. The van der Waals surface area contributed by atoms with E-state index in [4.69, 9.17) is 0 Å². The lowest BCUT2D eigenvalue weighted by Crippen LogP contribution is -2.37. The number of aromatic nitrogens is 2. The van der Waals surface area contributed by atoms with E-state index in [0.29, 0.717) is 18.1 Å². The highest BCUT2D eigenvalue weighted by molar-refractivity contribution is 7.09. The molecule has 1 heterocycles. The summed E-state index contributed by atoms with van der Waals surface area (Å²) < 4.78 is 39.9. The Hall–Kier alpha value is -1.38. The molecule has 1 rings (SSSR count). The van der Waals surface area contributed by atoms with E-state index in [-0.39, 0.29) is 11.0 Å². The van der Waals surface area contributed by atoms with Crippen molar-refractivity contribution in [2.45, 2.75) is 32.5 Å². The molecule has 18 heavy (non-hydrogen) atoms. The molecule has 5 nitrogen and oxygen atoms in total. The van der Waals surface area contributed by atoms with Crippen LogP contribution in [0.25, 0.3) is 0 Å². The van der Waals surface area contributed by atoms with E-state index in [1.807, 2.05) is 6.92 Å². The van der Waals surface area contributed by atoms with Crippen LogP contribution < -0.4 is 10.6 Å². The minimum atomic E-state index is -4.57. The molecule has 0 spiro atoms. The highest BCUT2D eigenvalue weighted by Gasteiger charge is 2.36. The van der Waals surface area contributed by atoms with Crippen molar-refractivity contribution >= 4 is 22.6 Å². The molecule has 0 fully saturated rings. The molecule has 1 aromatic rings. The van der Waals surface area contributed by atoms with E-state index in [9.17, 15) is 18.0 Å². The fourth-order valence-corrected chi connectivity index (χ4v) is 1.72. The number of nitrogens with one attached hydrogen (secondary N) is 2. The Kier molecular flexibility index (Phi) is 4.88. The van der Waals surface area contributed by atoms with Crippen LogP contribution in [-0.4, -0.2) is 27.9 Å². The summed E-state index contributed by atoms with van der Waals surface area (Å²) in [5.41, 5.74) is 0. The lowest BCUT2D eigenvalue weighted by atomic mass is 10.3. The summed E-state index contributed by atoms with van der Waals surface area (Å²) in [6.45, 7) is 3.97. The van der Waals surface area contributed by atoms with Crippen molar-refractivity contribution in [1.29, 1.82) is 0 Å². The van der Waals surface area contributed by atoms with Crippen LogP contribution >= 0.6 is 11.5 Å². The average molecular weight is 282 g/mol. The van der Waals surface area contributed by atoms with Gasteiger partial charge in [0, 0.05) is 18.1 Å². The molecule has 2 N–H and O–H groups in total. The first-order valence-corrected chi connectivity index (χ1v) is 6.07. The summed E-state index contributed by atoms with van der Waals surface area (Å²) in [6.07, 6.45) is -3.78. The maximum absolute atomic E-state index is 12.2. The quantitative estimate of drug-likeness (QED) is 0.865. The van der Waals surface area contributed by atoms with Crippen molar-refractivity contribution in [2.24, 2.45) is 0 Å². The van der Waals surface area contributed by atoms with Crippen molar-refractivity contribution in [3.63, 3.8) is 0 Å². The molecule has 0 bridgehead atoms. The summed E-state index contributed by atoms with van der Waals surface area (Å²) in [6, 6.07) is -0.661. The summed E-state index contributed by atoms with van der Waals surface area (Å²) >= 11 is 0.574. The number of halogens is 3. The molecular formula is C9H13F3N4OS. The maximum atomic E-state index is 12.2. The van der Waals surface area contributed by atoms with Gasteiger partial charge in [0.2, 0.25) is 16.9 Å². The monoisotopic (exact) mass is 282 g/mol. The molecule has 9 heteroatoms. The zero-order valence-electron chi connectivity index (χ0n) is 9.84. The summed E-state index contributed by atoms with van der Waals surface area (Å²) in [5.74, 6) is -1.49. The van der Waals surface area contributed by atoms with Gasteiger partial charge in [0.1, 0.15) is 6.04 Å². The van der Waals surface area contributed by atoms with Crippen molar-refractivity contribution in [3.8, 4) is 0 Å². The van der Waals surface area contributed by atoms with Crippen molar-refractivity contribution in [1.82, 2.24) is 14.7 Å². The average Bonchev–Trinajstić information content (AvgIpc) is 2.73. The summed E-state index contributed by atoms with van der Waals surface area (Å²) in [5, 5.41) is 5.17. The zero-order chi connectivity index (χ0) is 13.8. The van der Waals surface area contributed by atoms with Gasteiger partial charge in [-0.3, -0.25) is 4.79 Å². The standard InChI is InChI=1S/C9H13F3N4OS/c1-3-4-13-6(17)5(2)14-8-15-7(16-18-8)9(10,11)12/h5H,3-4H2,1-2H3,(H,13,17)(H,14,15,16). The first-order chi connectivity index (χ1) is 8.34. The lowest BCUT2D eigenvalue weighted by Gasteiger charge is -2.12. The fourth-order valence-electron chi connectivity index (χ4n) is 1.05. The van der Waals surface area contributed by atoms with E-state index in [1.54, 1.807) is 6.92 Å². The van der Waals surface area contributed by atoms with Gasteiger partial charge in [-0.15, -0.1) is 0 Å². The van der Waals surface area contributed by atoms with Crippen LogP contribution in [-0.2, 0) is 11.0 Å². The first kappa shape index (κ1) is 14.7. The van der Waals surface area contributed by atoms with Gasteiger partial charge in [-0.2, -0.15) is 22.5 Å². The predicted octanol–water partition coefficient (Wildman–Crippen LogP) is 1.88. The van der Waals surface area contributed by atoms with Gasteiger partial charge in [0.25, 0.3) is 0 Å². The van der Waals surface area contributed by atoms with Crippen LogP contribution in [0.1, 0.15) is 26.1 Å². The molecular weight excluding hydrogens is 269 g/mol. The van der Waals surface area contributed by atoms with E-state index in [0.717, 1.165) is 6.42 Å². The third-order valence-electron chi connectivity index (χ3n) is 1.96. The number of carbonyl (C=O) groups is 1. The van der Waals surface area contributed by atoms with Gasteiger partial charge in [-0.25, -0.2) is 0 Å². The third kappa shape index (κ3) is 4.13. The third-order valence-corrected chi connectivity index (χ3v) is 2.61. The predicted molar refractivity (Wildman–Crippen MR) is 61.3 cm³/mol. The first-order valence-electron chi connectivity index (χ1n) is 5.29.